The highest BCUT2D eigenvalue weighted by atomic mass is 16.5. The molecule has 2 N–H and O–H groups in total. The molecule has 0 aliphatic carbocycles. The smallest absolute Gasteiger partial charge is 0.234 e. The van der Waals surface area contributed by atoms with E-state index in [2.05, 4.69) is 17.6 Å². The lowest BCUT2D eigenvalue weighted by Gasteiger charge is -2.23. The number of rotatable bonds is 10. The Morgan fingerprint density at radius 1 is 1.26 bits per heavy atom. The highest BCUT2D eigenvalue weighted by Gasteiger charge is 2.15. The predicted octanol–water partition coefficient (Wildman–Crippen LogP) is 1.08. The number of carbonyl (C=O) groups excluding carboxylic acids is 1. The van der Waals surface area contributed by atoms with Gasteiger partial charge in [-0.05, 0) is 32.2 Å². The van der Waals surface area contributed by atoms with Crippen molar-refractivity contribution in [2.45, 2.75) is 45.1 Å². The van der Waals surface area contributed by atoms with Crippen molar-refractivity contribution in [3.8, 4) is 0 Å². The van der Waals surface area contributed by atoms with Crippen molar-refractivity contribution in [2.24, 2.45) is 0 Å². The van der Waals surface area contributed by atoms with Gasteiger partial charge in [0.1, 0.15) is 0 Å². The van der Waals surface area contributed by atoms with Crippen LogP contribution in [0.4, 0.5) is 0 Å². The van der Waals surface area contributed by atoms with Crippen molar-refractivity contribution in [2.75, 3.05) is 39.5 Å². The van der Waals surface area contributed by atoms with E-state index in [-0.39, 0.29) is 5.91 Å². The molecule has 0 saturated carbocycles. The van der Waals surface area contributed by atoms with Crippen LogP contribution in [0.3, 0.4) is 0 Å². The molecule has 0 aromatic heterocycles. The zero-order valence-electron chi connectivity index (χ0n) is 12.1. The van der Waals surface area contributed by atoms with E-state index < -0.39 is 0 Å². The van der Waals surface area contributed by atoms with Gasteiger partial charge in [0, 0.05) is 32.5 Å². The standard InChI is InChI=1S/C14H28N2O3/c1-2-3-8-18-9-4-7-15-12-14(17)16-13-5-10-19-11-6-13/h13,15H,2-12H2,1H3,(H,16,17). The highest BCUT2D eigenvalue weighted by Crippen LogP contribution is 2.05. The molecule has 1 rings (SSSR count). The van der Waals surface area contributed by atoms with E-state index in [4.69, 9.17) is 9.47 Å². The Hall–Kier alpha value is -0.650. The predicted molar refractivity (Wildman–Crippen MR) is 75.2 cm³/mol. The molecule has 0 atom stereocenters. The molecule has 1 heterocycles. The summed E-state index contributed by atoms with van der Waals surface area (Å²) in [5.41, 5.74) is 0. The quantitative estimate of drug-likeness (QED) is 0.584. The molecule has 5 nitrogen and oxygen atoms in total. The van der Waals surface area contributed by atoms with Gasteiger partial charge in [-0.1, -0.05) is 13.3 Å². The van der Waals surface area contributed by atoms with Crippen molar-refractivity contribution in [3.05, 3.63) is 0 Å². The van der Waals surface area contributed by atoms with E-state index >= 15 is 0 Å². The van der Waals surface area contributed by atoms with Crippen LogP contribution in [0.15, 0.2) is 0 Å². The zero-order valence-corrected chi connectivity index (χ0v) is 12.1. The van der Waals surface area contributed by atoms with Crippen molar-refractivity contribution >= 4 is 5.91 Å². The first kappa shape index (κ1) is 16.4. The third kappa shape index (κ3) is 8.97. The first-order valence-corrected chi connectivity index (χ1v) is 7.48. The van der Waals surface area contributed by atoms with Crippen LogP contribution in [0.5, 0.6) is 0 Å². The summed E-state index contributed by atoms with van der Waals surface area (Å²) in [6, 6.07) is 0.292. The Labute approximate surface area is 116 Å². The summed E-state index contributed by atoms with van der Waals surface area (Å²) in [5, 5.41) is 6.17. The second-order valence-corrected chi connectivity index (χ2v) is 4.95. The Morgan fingerprint density at radius 2 is 2.00 bits per heavy atom. The van der Waals surface area contributed by atoms with Crippen LogP contribution >= 0.6 is 0 Å². The van der Waals surface area contributed by atoms with Crippen LogP contribution in [-0.2, 0) is 14.3 Å². The molecule has 1 amide bonds. The maximum absolute atomic E-state index is 11.6. The lowest BCUT2D eigenvalue weighted by atomic mass is 10.1. The number of hydrogen-bond donors (Lipinski definition) is 2. The van der Waals surface area contributed by atoms with E-state index in [1.165, 1.54) is 6.42 Å². The summed E-state index contributed by atoms with van der Waals surface area (Å²) in [6.45, 7) is 6.51. The SMILES string of the molecule is CCCCOCCCNCC(=O)NC1CCOCC1. The van der Waals surface area contributed by atoms with E-state index in [1.54, 1.807) is 0 Å². The number of nitrogens with one attached hydrogen (secondary N) is 2. The third-order valence-corrected chi connectivity index (χ3v) is 3.16. The molecule has 0 radical (unpaired) electrons. The number of amides is 1. The molecule has 1 aliphatic rings. The summed E-state index contributed by atoms with van der Waals surface area (Å²) in [6.07, 6.45) is 5.11. The molecule has 0 spiro atoms. The van der Waals surface area contributed by atoms with Gasteiger partial charge in [0.2, 0.25) is 5.91 Å². The first-order chi connectivity index (χ1) is 9.33. The summed E-state index contributed by atoms with van der Waals surface area (Å²) < 4.78 is 10.7. The fourth-order valence-electron chi connectivity index (χ4n) is 1.97. The summed E-state index contributed by atoms with van der Waals surface area (Å²) in [4.78, 5) is 11.6. The minimum atomic E-state index is 0.0822. The minimum absolute atomic E-state index is 0.0822. The van der Waals surface area contributed by atoms with Gasteiger partial charge in [0.05, 0.1) is 6.54 Å². The molecule has 19 heavy (non-hydrogen) atoms. The van der Waals surface area contributed by atoms with Crippen LogP contribution < -0.4 is 10.6 Å². The number of unbranched alkanes of at least 4 members (excludes halogenated alkanes) is 1. The summed E-state index contributed by atoms with van der Waals surface area (Å²) in [7, 11) is 0. The zero-order chi connectivity index (χ0) is 13.8. The fraction of sp³-hybridized carbons (Fsp3) is 0.929. The van der Waals surface area contributed by atoms with Crippen LogP contribution in [-0.4, -0.2) is 51.5 Å². The Bertz CT molecular complexity index is 231. The Morgan fingerprint density at radius 3 is 2.74 bits per heavy atom. The second-order valence-electron chi connectivity index (χ2n) is 4.95. The van der Waals surface area contributed by atoms with Gasteiger partial charge in [0.15, 0.2) is 0 Å². The van der Waals surface area contributed by atoms with Crippen LogP contribution in [0.1, 0.15) is 39.0 Å². The van der Waals surface area contributed by atoms with Gasteiger partial charge >= 0.3 is 0 Å². The van der Waals surface area contributed by atoms with Gasteiger partial charge in [-0.3, -0.25) is 4.79 Å². The molecule has 0 aromatic rings. The number of ether oxygens (including phenoxy) is 2. The molecule has 1 fully saturated rings. The van der Waals surface area contributed by atoms with Crippen LogP contribution in [0.2, 0.25) is 0 Å². The van der Waals surface area contributed by atoms with Gasteiger partial charge in [-0.2, -0.15) is 0 Å². The van der Waals surface area contributed by atoms with E-state index in [9.17, 15) is 4.79 Å². The van der Waals surface area contributed by atoms with Gasteiger partial charge in [-0.15, -0.1) is 0 Å². The van der Waals surface area contributed by atoms with Crippen molar-refractivity contribution in [1.82, 2.24) is 10.6 Å². The Kier molecular flexibility index (Phi) is 9.67. The van der Waals surface area contributed by atoms with Crippen molar-refractivity contribution in [3.63, 3.8) is 0 Å². The molecule has 112 valence electrons. The molecule has 0 unspecified atom stereocenters. The molecule has 1 aliphatic heterocycles. The van der Waals surface area contributed by atoms with Gasteiger partial charge in [0.25, 0.3) is 0 Å². The lowest BCUT2D eigenvalue weighted by Crippen LogP contribution is -2.43. The monoisotopic (exact) mass is 272 g/mol. The number of carbonyl (C=O) groups is 1. The summed E-state index contributed by atoms with van der Waals surface area (Å²) >= 11 is 0. The molecule has 1 saturated heterocycles. The van der Waals surface area contributed by atoms with Crippen LogP contribution in [0.25, 0.3) is 0 Å². The first-order valence-electron chi connectivity index (χ1n) is 7.48. The average molecular weight is 272 g/mol. The normalized spacial score (nSPS) is 16.5. The van der Waals surface area contributed by atoms with Crippen LogP contribution in [0, 0.1) is 0 Å². The molecule has 0 bridgehead atoms. The summed E-state index contributed by atoms with van der Waals surface area (Å²) in [5.74, 6) is 0.0822. The Balaban J connectivity index is 1.87. The van der Waals surface area contributed by atoms with Gasteiger partial charge in [-0.25, -0.2) is 0 Å². The lowest BCUT2D eigenvalue weighted by molar-refractivity contribution is -0.121. The topological polar surface area (TPSA) is 59.6 Å². The van der Waals surface area contributed by atoms with Crippen molar-refractivity contribution in [1.29, 1.82) is 0 Å². The molecule has 5 heteroatoms. The molecule has 0 aromatic carbocycles. The maximum atomic E-state index is 11.6. The fourth-order valence-corrected chi connectivity index (χ4v) is 1.97. The number of hydrogen-bond acceptors (Lipinski definition) is 4. The van der Waals surface area contributed by atoms with E-state index in [1.807, 2.05) is 0 Å². The van der Waals surface area contributed by atoms with Crippen molar-refractivity contribution < 1.29 is 14.3 Å². The minimum Gasteiger partial charge on any atom is -0.381 e. The van der Waals surface area contributed by atoms with E-state index in [0.29, 0.717) is 12.6 Å². The molecular formula is C14H28N2O3. The third-order valence-electron chi connectivity index (χ3n) is 3.16. The van der Waals surface area contributed by atoms with E-state index in [0.717, 1.165) is 58.7 Å². The van der Waals surface area contributed by atoms with Gasteiger partial charge < -0.3 is 20.1 Å². The highest BCUT2D eigenvalue weighted by molar-refractivity contribution is 5.78. The average Bonchev–Trinajstić information content (AvgIpc) is 2.43. The molecular weight excluding hydrogens is 244 g/mol. The largest absolute Gasteiger partial charge is 0.381 e. The second kappa shape index (κ2) is 11.2. The maximum Gasteiger partial charge on any atom is 0.234 e.